The van der Waals surface area contributed by atoms with Gasteiger partial charge < -0.3 is 10.1 Å². The number of nitrogens with one attached hydrogen (secondary N) is 2. The van der Waals surface area contributed by atoms with Crippen molar-refractivity contribution < 1.29 is 14.3 Å². The van der Waals surface area contributed by atoms with Crippen LogP contribution in [0.3, 0.4) is 0 Å². The number of amides is 2. The molecule has 0 aliphatic carbocycles. The second-order valence-electron chi connectivity index (χ2n) is 9.70. The minimum Gasteiger partial charge on any atom is -0.494 e. The summed E-state index contributed by atoms with van der Waals surface area (Å²) in [5.74, 6) is 0.248. The van der Waals surface area contributed by atoms with E-state index >= 15 is 0 Å². The topological polar surface area (TPSA) is 106 Å². The minimum atomic E-state index is -0.338. The first kappa shape index (κ1) is 28.2. The van der Waals surface area contributed by atoms with Crippen molar-refractivity contribution in [3.8, 4) is 17.0 Å². The van der Waals surface area contributed by atoms with Gasteiger partial charge in [0, 0.05) is 34.6 Å². The lowest BCUT2D eigenvalue weighted by Crippen LogP contribution is -2.20. The highest BCUT2D eigenvalue weighted by Gasteiger charge is 2.14. The van der Waals surface area contributed by atoms with E-state index in [1.54, 1.807) is 42.7 Å². The Labute approximate surface area is 244 Å². The summed E-state index contributed by atoms with van der Waals surface area (Å²) >= 11 is 0. The van der Waals surface area contributed by atoms with Crippen LogP contribution in [0.25, 0.3) is 22.2 Å². The number of hydrogen-bond donors (Lipinski definition) is 2. The van der Waals surface area contributed by atoms with Crippen LogP contribution >= 0.6 is 0 Å². The fraction of sp³-hybridized carbons (Fsp3) is 0.147. The second kappa shape index (κ2) is 13.3. The number of ether oxygens (including phenoxy) is 1. The smallest absolute Gasteiger partial charge is 0.272 e. The summed E-state index contributed by atoms with van der Waals surface area (Å²) in [5, 5.41) is 7.94. The molecule has 0 bridgehead atoms. The molecule has 0 radical (unpaired) electrons. The van der Waals surface area contributed by atoms with Crippen molar-refractivity contribution in [1.82, 2.24) is 15.4 Å². The quantitative estimate of drug-likeness (QED) is 0.111. The number of nitrogens with zero attached hydrogens (tertiary/aromatic N) is 3. The standard InChI is InChI=1S/C34H31N5O3/c1-3-4-21-42-28-15-11-25(12-16-28)32-22-30(29-7-5-6-8-31(29)37-32)34(41)39-38-23(2)24-9-13-27(14-10-24)36-33(40)26-17-19-35-20-18-26/h5-20,22H,3-4,21H2,1-2H3,(H,36,40)(H,39,41)/b38-23-. The fourth-order valence-corrected chi connectivity index (χ4v) is 4.33. The van der Waals surface area contributed by atoms with Gasteiger partial charge in [0.05, 0.1) is 29.1 Å². The molecule has 42 heavy (non-hydrogen) atoms. The van der Waals surface area contributed by atoms with E-state index in [-0.39, 0.29) is 11.8 Å². The highest BCUT2D eigenvalue weighted by molar-refractivity contribution is 6.08. The van der Waals surface area contributed by atoms with Crippen LogP contribution in [-0.2, 0) is 0 Å². The maximum atomic E-state index is 13.4. The van der Waals surface area contributed by atoms with Crippen molar-refractivity contribution in [2.45, 2.75) is 26.7 Å². The zero-order valence-electron chi connectivity index (χ0n) is 23.5. The number of benzene rings is 3. The van der Waals surface area contributed by atoms with E-state index in [9.17, 15) is 9.59 Å². The number of aromatic nitrogens is 2. The number of para-hydroxylation sites is 1. The third-order valence-corrected chi connectivity index (χ3v) is 6.71. The van der Waals surface area contributed by atoms with Crippen LogP contribution < -0.4 is 15.5 Å². The van der Waals surface area contributed by atoms with Crippen molar-refractivity contribution in [1.29, 1.82) is 0 Å². The van der Waals surface area contributed by atoms with Crippen LogP contribution in [0.4, 0.5) is 5.69 Å². The fourth-order valence-electron chi connectivity index (χ4n) is 4.33. The zero-order valence-corrected chi connectivity index (χ0v) is 23.5. The Morgan fingerprint density at radius 3 is 2.33 bits per heavy atom. The van der Waals surface area contributed by atoms with E-state index in [2.05, 4.69) is 27.8 Å². The van der Waals surface area contributed by atoms with Gasteiger partial charge in [-0.2, -0.15) is 5.10 Å². The normalized spacial score (nSPS) is 11.2. The summed E-state index contributed by atoms with van der Waals surface area (Å²) in [4.78, 5) is 34.5. The molecule has 210 valence electrons. The molecule has 8 heteroatoms. The number of rotatable bonds is 10. The number of hydrazone groups is 1. The maximum absolute atomic E-state index is 13.4. The average Bonchev–Trinajstić information content (AvgIpc) is 3.04. The molecule has 2 aromatic heterocycles. The van der Waals surface area contributed by atoms with Crippen molar-refractivity contribution in [2.75, 3.05) is 11.9 Å². The lowest BCUT2D eigenvalue weighted by molar-refractivity contribution is 0.0955. The van der Waals surface area contributed by atoms with Gasteiger partial charge in [0.15, 0.2) is 0 Å². The van der Waals surface area contributed by atoms with Gasteiger partial charge in [-0.05, 0) is 79.6 Å². The summed E-state index contributed by atoms with van der Waals surface area (Å²) in [6, 6.07) is 27.6. The molecule has 2 heterocycles. The monoisotopic (exact) mass is 557 g/mol. The third kappa shape index (κ3) is 6.85. The molecular formula is C34H31N5O3. The van der Waals surface area contributed by atoms with Gasteiger partial charge in [-0.1, -0.05) is 43.7 Å². The Morgan fingerprint density at radius 2 is 1.60 bits per heavy atom. The van der Waals surface area contributed by atoms with Gasteiger partial charge in [-0.3, -0.25) is 14.6 Å². The summed E-state index contributed by atoms with van der Waals surface area (Å²) in [5.41, 5.74) is 8.05. The summed E-state index contributed by atoms with van der Waals surface area (Å²) in [7, 11) is 0. The SMILES string of the molecule is CCCCOc1ccc(-c2cc(C(=O)N/N=C(/C)c3ccc(NC(=O)c4ccncc4)cc3)c3ccccc3n2)cc1. The van der Waals surface area contributed by atoms with Crippen LogP contribution in [0.15, 0.2) is 108 Å². The van der Waals surface area contributed by atoms with Gasteiger partial charge in [-0.15, -0.1) is 0 Å². The Hall–Kier alpha value is -5.37. The molecule has 0 aliphatic heterocycles. The number of pyridine rings is 2. The van der Waals surface area contributed by atoms with Crippen molar-refractivity contribution in [2.24, 2.45) is 5.10 Å². The van der Waals surface area contributed by atoms with Gasteiger partial charge in [0.1, 0.15) is 5.75 Å². The number of fused-ring (bicyclic) bond motifs is 1. The molecular weight excluding hydrogens is 526 g/mol. The predicted octanol–water partition coefficient (Wildman–Crippen LogP) is 6.88. The Morgan fingerprint density at radius 1 is 0.857 bits per heavy atom. The first-order valence-electron chi connectivity index (χ1n) is 13.8. The summed E-state index contributed by atoms with van der Waals surface area (Å²) in [6.07, 6.45) is 5.23. The van der Waals surface area contributed by atoms with Gasteiger partial charge >= 0.3 is 0 Å². The zero-order chi connectivity index (χ0) is 29.3. The van der Waals surface area contributed by atoms with Gasteiger partial charge in [0.2, 0.25) is 0 Å². The van der Waals surface area contributed by atoms with E-state index in [0.717, 1.165) is 35.1 Å². The maximum Gasteiger partial charge on any atom is 0.272 e. The van der Waals surface area contributed by atoms with Crippen molar-refractivity contribution in [3.63, 3.8) is 0 Å². The minimum absolute atomic E-state index is 0.219. The summed E-state index contributed by atoms with van der Waals surface area (Å²) in [6.45, 7) is 4.62. The molecule has 2 N–H and O–H groups in total. The molecule has 0 saturated carbocycles. The third-order valence-electron chi connectivity index (χ3n) is 6.71. The van der Waals surface area contributed by atoms with Crippen LogP contribution in [0.2, 0.25) is 0 Å². The first-order valence-corrected chi connectivity index (χ1v) is 13.8. The number of hydrogen-bond acceptors (Lipinski definition) is 6. The van der Waals surface area contributed by atoms with Crippen molar-refractivity contribution >= 4 is 34.1 Å². The van der Waals surface area contributed by atoms with Crippen LogP contribution in [-0.4, -0.2) is 34.1 Å². The molecule has 5 aromatic rings. The van der Waals surface area contributed by atoms with E-state index in [1.165, 1.54) is 0 Å². The molecule has 0 fully saturated rings. The van der Waals surface area contributed by atoms with Gasteiger partial charge in [0.25, 0.3) is 11.8 Å². The van der Waals surface area contributed by atoms with Crippen LogP contribution in [0.5, 0.6) is 5.75 Å². The number of carbonyl (C=O) groups is 2. The molecule has 0 atom stereocenters. The molecule has 0 unspecified atom stereocenters. The predicted molar refractivity (Wildman–Crippen MR) is 166 cm³/mol. The van der Waals surface area contributed by atoms with E-state index < -0.39 is 0 Å². The molecule has 2 amide bonds. The first-order chi connectivity index (χ1) is 20.5. The molecule has 0 spiro atoms. The van der Waals surface area contributed by atoms with E-state index in [1.807, 2.05) is 67.6 Å². The Bertz CT molecular complexity index is 1720. The second-order valence-corrected chi connectivity index (χ2v) is 9.70. The lowest BCUT2D eigenvalue weighted by atomic mass is 10.0. The van der Waals surface area contributed by atoms with Crippen LogP contribution in [0.1, 0.15) is 53.0 Å². The lowest BCUT2D eigenvalue weighted by Gasteiger charge is -2.11. The van der Waals surface area contributed by atoms with E-state index in [4.69, 9.17) is 9.72 Å². The van der Waals surface area contributed by atoms with Gasteiger partial charge in [-0.25, -0.2) is 10.4 Å². The highest BCUT2D eigenvalue weighted by Crippen LogP contribution is 2.26. The Balaban J connectivity index is 1.31. The van der Waals surface area contributed by atoms with E-state index in [0.29, 0.717) is 40.3 Å². The Kier molecular flexibility index (Phi) is 8.94. The van der Waals surface area contributed by atoms with Crippen LogP contribution in [0, 0.1) is 0 Å². The molecule has 8 nitrogen and oxygen atoms in total. The number of anilines is 1. The highest BCUT2D eigenvalue weighted by atomic mass is 16.5. The molecule has 0 saturated heterocycles. The number of carbonyl (C=O) groups excluding carboxylic acids is 2. The summed E-state index contributed by atoms with van der Waals surface area (Å²) < 4.78 is 5.78. The molecule has 3 aromatic carbocycles. The molecule has 0 aliphatic rings. The largest absolute Gasteiger partial charge is 0.494 e. The average molecular weight is 558 g/mol. The number of unbranched alkanes of at least 4 members (excludes halogenated alkanes) is 1. The molecule has 5 rings (SSSR count). The van der Waals surface area contributed by atoms with Crippen molar-refractivity contribution in [3.05, 3.63) is 120 Å².